The average Bonchev–Trinajstić information content (AvgIpc) is 2.69. The lowest BCUT2D eigenvalue weighted by Gasteiger charge is -2.22. The van der Waals surface area contributed by atoms with Crippen molar-refractivity contribution in [2.45, 2.75) is 37.6 Å². The van der Waals surface area contributed by atoms with Gasteiger partial charge in [0.15, 0.2) is 0 Å². The molecule has 1 saturated carbocycles. The van der Waals surface area contributed by atoms with E-state index >= 15 is 0 Å². The number of carbonyl (C=O) groups is 1. The highest BCUT2D eigenvalue weighted by Gasteiger charge is 2.31. The first-order chi connectivity index (χ1) is 8.48. The number of anilines is 1. The van der Waals surface area contributed by atoms with E-state index in [9.17, 15) is 4.79 Å². The van der Waals surface area contributed by atoms with E-state index in [4.69, 9.17) is 5.73 Å². The van der Waals surface area contributed by atoms with Crippen LogP contribution in [0.25, 0.3) is 0 Å². The Morgan fingerprint density at radius 2 is 2.00 bits per heavy atom. The van der Waals surface area contributed by atoms with Gasteiger partial charge in [-0.1, -0.05) is 28.8 Å². The molecule has 1 aromatic rings. The monoisotopic (exact) mass is 374 g/mol. The number of nitrogens with two attached hydrogens (primary N) is 1. The van der Waals surface area contributed by atoms with Gasteiger partial charge in [-0.05, 0) is 47.0 Å². The molecule has 2 rings (SSSR count). The second-order valence-electron chi connectivity index (χ2n) is 4.92. The molecule has 1 fully saturated rings. The summed E-state index contributed by atoms with van der Waals surface area (Å²) in [6, 6.07) is 5.67. The number of amides is 1. The molecule has 1 aliphatic rings. The maximum atomic E-state index is 12.0. The lowest BCUT2D eigenvalue weighted by Crippen LogP contribution is -2.40. The second kappa shape index (κ2) is 5.72. The molecule has 1 aliphatic carbocycles. The van der Waals surface area contributed by atoms with Crippen LogP contribution >= 0.6 is 31.9 Å². The summed E-state index contributed by atoms with van der Waals surface area (Å²) < 4.78 is 1.83. The van der Waals surface area contributed by atoms with Crippen LogP contribution in [0, 0.1) is 0 Å². The predicted molar refractivity (Wildman–Crippen MR) is 80.5 cm³/mol. The summed E-state index contributed by atoms with van der Waals surface area (Å²) in [4.78, 5) is 12.0. The van der Waals surface area contributed by atoms with E-state index in [2.05, 4.69) is 37.2 Å². The molecule has 0 atom stereocenters. The van der Waals surface area contributed by atoms with Crippen LogP contribution in [-0.2, 0) is 4.79 Å². The Morgan fingerprint density at radius 1 is 1.33 bits per heavy atom. The highest BCUT2D eigenvalue weighted by atomic mass is 79.9. The Bertz CT molecular complexity index is 456. The summed E-state index contributed by atoms with van der Waals surface area (Å²) in [6.07, 6.45) is 4.55. The average molecular weight is 376 g/mol. The normalized spacial score (nSPS) is 17.7. The number of halogens is 2. The van der Waals surface area contributed by atoms with E-state index < -0.39 is 0 Å². The van der Waals surface area contributed by atoms with Gasteiger partial charge in [0.2, 0.25) is 5.91 Å². The Hall–Kier alpha value is -0.390. The van der Waals surface area contributed by atoms with Gasteiger partial charge in [0, 0.05) is 20.9 Å². The molecular weight excluding hydrogens is 360 g/mol. The van der Waals surface area contributed by atoms with Crippen molar-refractivity contribution in [3.8, 4) is 0 Å². The van der Waals surface area contributed by atoms with Crippen molar-refractivity contribution in [2.75, 3.05) is 5.32 Å². The summed E-state index contributed by atoms with van der Waals surface area (Å²) in [5.74, 6) is -0.0116. The van der Waals surface area contributed by atoms with E-state index in [-0.39, 0.29) is 11.4 Å². The SMILES string of the molecule is NC1(CC(=O)Nc2ccc(Br)cc2Br)CCCC1. The van der Waals surface area contributed by atoms with Crippen LogP contribution in [-0.4, -0.2) is 11.4 Å². The van der Waals surface area contributed by atoms with Gasteiger partial charge in [-0.25, -0.2) is 0 Å². The third-order valence-electron chi connectivity index (χ3n) is 3.32. The molecule has 0 aliphatic heterocycles. The zero-order valence-corrected chi connectivity index (χ0v) is 13.2. The molecule has 98 valence electrons. The standard InChI is InChI=1S/C13H16Br2N2O/c14-9-3-4-11(10(15)7-9)17-12(18)8-13(16)5-1-2-6-13/h3-4,7H,1-2,5-6,8,16H2,(H,17,18). The van der Waals surface area contributed by atoms with Gasteiger partial charge in [-0.3, -0.25) is 4.79 Å². The summed E-state index contributed by atoms with van der Waals surface area (Å²) in [5, 5.41) is 2.90. The van der Waals surface area contributed by atoms with Gasteiger partial charge < -0.3 is 11.1 Å². The van der Waals surface area contributed by atoms with Crippen LogP contribution in [0.2, 0.25) is 0 Å². The topological polar surface area (TPSA) is 55.1 Å². The zero-order chi connectivity index (χ0) is 13.2. The van der Waals surface area contributed by atoms with Crippen LogP contribution in [0.1, 0.15) is 32.1 Å². The Labute approximate surface area is 124 Å². The quantitative estimate of drug-likeness (QED) is 0.843. The second-order valence-corrected chi connectivity index (χ2v) is 6.69. The maximum Gasteiger partial charge on any atom is 0.226 e. The van der Waals surface area contributed by atoms with Crippen molar-refractivity contribution >= 4 is 43.5 Å². The molecule has 5 heteroatoms. The van der Waals surface area contributed by atoms with E-state index in [1.807, 2.05) is 18.2 Å². The lowest BCUT2D eigenvalue weighted by atomic mass is 9.94. The molecule has 0 saturated heterocycles. The molecule has 18 heavy (non-hydrogen) atoms. The van der Waals surface area contributed by atoms with Crippen molar-refractivity contribution in [1.29, 1.82) is 0 Å². The molecule has 3 N–H and O–H groups in total. The van der Waals surface area contributed by atoms with Gasteiger partial charge in [-0.15, -0.1) is 0 Å². The van der Waals surface area contributed by atoms with Crippen LogP contribution in [0.4, 0.5) is 5.69 Å². The van der Waals surface area contributed by atoms with Gasteiger partial charge in [0.05, 0.1) is 5.69 Å². The Kier molecular flexibility index (Phi) is 4.45. The summed E-state index contributed by atoms with van der Waals surface area (Å²) in [6.45, 7) is 0. The lowest BCUT2D eigenvalue weighted by molar-refractivity contribution is -0.117. The van der Waals surface area contributed by atoms with Gasteiger partial charge >= 0.3 is 0 Å². The molecule has 3 nitrogen and oxygen atoms in total. The maximum absolute atomic E-state index is 12.0. The predicted octanol–water partition coefficient (Wildman–Crippen LogP) is 3.81. The van der Waals surface area contributed by atoms with Crippen LogP contribution in [0.3, 0.4) is 0 Å². The molecule has 1 amide bonds. The molecule has 0 bridgehead atoms. The van der Waals surface area contributed by atoms with E-state index in [0.717, 1.165) is 40.3 Å². The highest BCUT2D eigenvalue weighted by molar-refractivity contribution is 9.11. The van der Waals surface area contributed by atoms with Crippen LogP contribution in [0.5, 0.6) is 0 Å². The zero-order valence-electron chi connectivity index (χ0n) is 10.0. The molecule has 0 spiro atoms. The van der Waals surface area contributed by atoms with Crippen molar-refractivity contribution in [3.63, 3.8) is 0 Å². The first-order valence-electron chi connectivity index (χ1n) is 6.02. The van der Waals surface area contributed by atoms with Crippen LogP contribution < -0.4 is 11.1 Å². The minimum absolute atomic E-state index is 0.0116. The van der Waals surface area contributed by atoms with Crippen molar-refractivity contribution in [3.05, 3.63) is 27.1 Å². The van der Waals surface area contributed by atoms with Crippen LogP contribution in [0.15, 0.2) is 27.1 Å². The molecular formula is C13H16Br2N2O. The number of nitrogens with one attached hydrogen (secondary N) is 1. The minimum atomic E-state index is -0.300. The molecule has 0 unspecified atom stereocenters. The van der Waals surface area contributed by atoms with E-state index in [0.29, 0.717) is 6.42 Å². The largest absolute Gasteiger partial charge is 0.325 e. The molecule has 0 aromatic heterocycles. The Balaban J connectivity index is 1.98. The van der Waals surface area contributed by atoms with Gasteiger partial charge in [0.1, 0.15) is 0 Å². The molecule has 1 aromatic carbocycles. The van der Waals surface area contributed by atoms with Gasteiger partial charge in [-0.2, -0.15) is 0 Å². The Morgan fingerprint density at radius 3 is 2.61 bits per heavy atom. The third kappa shape index (κ3) is 3.56. The van der Waals surface area contributed by atoms with Crippen molar-refractivity contribution in [2.24, 2.45) is 5.73 Å². The number of hydrogen-bond acceptors (Lipinski definition) is 2. The number of benzene rings is 1. The first kappa shape index (κ1) is 14.0. The van der Waals surface area contributed by atoms with Crippen molar-refractivity contribution in [1.82, 2.24) is 0 Å². The highest BCUT2D eigenvalue weighted by Crippen LogP contribution is 2.31. The third-order valence-corrected chi connectivity index (χ3v) is 4.47. The fourth-order valence-corrected chi connectivity index (χ4v) is 3.51. The summed E-state index contributed by atoms with van der Waals surface area (Å²) in [5.41, 5.74) is 6.68. The molecule has 0 radical (unpaired) electrons. The van der Waals surface area contributed by atoms with E-state index in [1.54, 1.807) is 0 Å². The minimum Gasteiger partial charge on any atom is -0.325 e. The first-order valence-corrected chi connectivity index (χ1v) is 7.61. The summed E-state index contributed by atoms with van der Waals surface area (Å²) >= 11 is 6.81. The number of hydrogen-bond donors (Lipinski definition) is 2. The smallest absolute Gasteiger partial charge is 0.226 e. The molecule has 0 heterocycles. The summed E-state index contributed by atoms with van der Waals surface area (Å²) in [7, 11) is 0. The fourth-order valence-electron chi connectivity index (χ4n) is 2.36. The number of rotatable bonds is 3. The van der Waals surface area contributed by atoms with Gasteiger partial charge in [0.25, 0.3) is 0 Å². The van der Waals surface area contributed by atoms with E-state index in [1.165, 1.54) is 0 Å². The number of carbonyl (C=O) groups excluding carboxylic acids is 1. The van der Waals surface area contributed by atoms with Crippen molar-refractivity contribution < 1.29 is 4.79 Å². The fraction of sp³-hybridized carbons (Fsp3) is 0.462.